The molecule has 1 saturated heterocycles. The zero-order valence-corrected chi connectivity index (χ0v) is 17.1. The number of benzene rings is 2. The smallest absolute Gasteiger partial charge is 0.161 e. The quantitative estimate of drug-likeness (QED) is 0.747. The first-order valence-corrected chi connectivity index (χ1v) is 9.97. The van der Waals surface area contributed by atoms with Crippen molar-refractivity contribution in [3.8, 4) is 23.3 Å². The van der Waals surface area contributed by atoms with Gasteiger partial charge in [-0.25, -0.2) is 0 Å². The molecule has 1 fully saturated rings. The van der Waals surface area contributed by atoms with Crippen molar-refractivity contribution in [2.45, 2.75) is 31.2 Å². The molecule has 0 radical (unpaired) electrons. The van der Waals surface area contributed by atoms with Crippen LogP contribution in [0.5, 0.6) is 17.2 Å². The highest BCUT2D eigenvalue weighted by Crippen LogP contribution is 2.48. The molecule has 4 rings (SSSR count). The first kappa shape index (κ1) is 19.2. The summed E-state index contributed by atoms with van der Waals surface area (Å²) in [5, 5.41) is 10.1. The van der Waals surface area contributed by atoms with Gasteiger partial charge in [0.1, 0.15) is 17.5 Å². The number of nitriles is 1. The lowest BCUT2D eigenvalue weighted by molar-refractivity contribution is 0.293. The van der Waals surface area contributed by atoms with Crippen LogP contribution in [0.2, 0.25) is 0 Å². The average molecular weight is 390 g/mol. The van der Waals surface area contributed by atoms with Gasteiger partial charge in [-0.3, -0.25) is 0 Å². The van der Waals surface area contributed by atoms with Gasteiger partial charge >= 0.3 is 0 Å². The number of hydrogen-bond acceptors (Lipinski definition) is 5. The van der Waals surface area contributed by atoms with Gasteiger partial charge in [0.25, 0.3) is 0 Å². The topological polar surface area (TPSA) is 54.7 Å². The SMILES string of the molecule is COc1cccc(C2=C(C#N)N3CCC[C@@H]3C[C@@H]2c2ccc(OC)c(OC)c2)c1. The van der Waals surface area contributed by atoms with E-state index in [4.69, 9.17) is 14.2 Å². The molecular weight excluding hydrogens is 364 g/mol. The maximum atomic E-state index is 10.1. The summed E-state index contributed by atoms with van der Waals surface area (Å²) < 4.78 is 16.4. The van der Waals surface area contributed by atoms with E-state index in [1.54, 1.807) is 21.3 Å². The van der Waals surface area contributed by atoms with E-state index in [9.17, 15) is 5.26 Å². The van der Waals surface area contributed by atoms with Crippen molar-refractivity contribution in [2.75, 3.05) is 27.9 Å². The molecule has 0 unspecified atom stereocenters. The fourth-order valence-corrected chi connectivity index (χ4v) is 4.71. The molecule has 0 spiro atoms. The molecule has 0 N–H and O–H groups in total. The Bertz CT molecular complexity index is 976. The van der Waals surface area contributed by atoms with Crippen molar-refractivity contribution in [3.05, 3.63) is 59.3 Å². The molecule has 2 aliphatic rings. The Morgan fingerprint density at radius 1 is 1.00 bits per heavy atom. The first-order valence-electron chi connectivity index (χ1n) is 9.97. The van der Waals surface area contributed by atoms with E-state index in [-0.39, 0.29) is 5.92 Å². The number of hydrogen-bond donors (Lipinski definition) is 0. The van der Waals surface area contributed by atoms with Gasteiger partial charge in [0, 0.05) is 24.1 Å². The van der Waals surface area contributed by atoms with Gasteiger partial charge in [-0.05, 0) is 54.7 Å². The predicted octanol–water partition coefficient (Wildman–Crippen LogP) is 4.60. The molecule has 5 nitrogen and oxygen atoms in total. The van der Waals surface area contributed by atoms with Crippen molar-refractivity contribution >= 4 is 5.57 Å². The van der Waals surface area contributed by atoms with Gasteiger partial charge in [0.05, 0.1) is 21.3 Å². The highest BCUT2D eigenvalue weighted by atomic mass is 16.5. The van der Waals surface area contributed by atoms with Gasteiger partial charge < -0.3 is 19.1 Å². The van der Waals surface area contributed by atoms with Crippen LogP contribution in [-0.2, 0) is 0 Å². The minimum atomic E-state index is 0.107. The zero-order valence-electron chi connectivity index (χ0n) is 17.1. The minimum Gasteiger partial charge on any atom is -0.497 e. The molecule has 0 amide bonds. The Kier molecular flexibility index (Phi) is 5.35. The van der Waals surface area contributed by atoms with Crippen molar-refractivity contribution in [1.29, 1.82) is 5.26 Å². The van der Waals surface area contributed by atoms with Crippen LogP contribution in [0.4, 0.5) is 0 Å². The van der Waals surface area contributed by atoms with Crippen LogP contribution in [0, 0.1) is 11.3 Å². The molecule has 0 aliphatic carbocycles. The van der Waals surface area contributed by atoms with Crippen LogP contribution in [0.25, 0.3) is 5.57 Å². The van der Waals surface area contributed by atoms with Gasteiger partial charge in [-0.1, -0.05) is 18.2 Å². The maximum Gasteiger partial charge on any atom is 0.161 e. The highest BCUT2D eigenvalue weighted by molar-refractivity contribution is 5.78. The number of rotatable bonds is 5. The Labute approximate surface area is 172 Å². The molecule has 29 heavy (non-hydrogen) atoms. The maximum absolute atomic E-state index is 10.1. The average Bonchev–Trinajstić information content (AvgIpc) is 3.25. The van der Waals surface area contributed by atoms with E-state index in [0.717, 1.165) is 54.0 Å². The minimum absolute atomic E-state index is 0.107. The third-order valence-electron chi connectivity index (χ3n) is 6.07. The summed E-state index contributed by atoms with van der Waals surface area (Å²) in [5.74, 6) is 2.32. The van der Waals surface area contributed by atoms with Crippen LogP contribution in [0.15, 0.2) is 48.2 Å². The van der Waals surface area contributed by atoms with Crippen LogP contribution in [0.3, 0.4) is 0 Å². The number of ether oxygens (including phenoxy) is 3. The van der Waals surface area contributed by atoms with E-state index in [0.29, 0.717) is 17.5 Å². The van der Waals surface area contributed by atoms with Crippen molar-refractivity contribution in [2.24, 2.45) is 0 Å². The molecular formula is C24H26N2O3. The number of fused-ring (bicyclic) bond motifs is 1. The number of methoxy groups -OCH3 is 3. The monoisotopic (exact) mass is 390 g/mol. The summed E-state index contributed by atoms with van der Waals surface area (Å²) in [5.41, 5.74) is 4.02. The molecule has 2 aromatic carbocycles. The summed E-state index contributed by atoms with van der Waals surface area (Å²) in [6.07, 6.45) is 3.23. The largest absolute Gasteiger partial charge is 0.497 e. The Hall–Kier alpha value is -3.13. The lowest BCUT2D eigenvalue weighted by Gasteiger charge is -2.38. The lowest BCUT2D eigenvalue weighted by atomic mass is 9.78. The normalized spacial score (nSPS) is 20.8. The molecule has 0 saturated carbocycles. The van der Waals surface area contributed by atoms with Crippen LogP contribution >= 0.6 is 0 Å². The molecule has 2 aromatic rings. The molecule has 5 heteroatoms. The van der Waals surface area contributed by atoms with E-state index in [2.05, 4.69) is 23.1 Å². The summed E-state index contributed by atoms with van der Waals surface area (Å²) in [6.45, 7) is 0.944. The second-order valence-electron chi connectivity index (χ2n) is 7.50. The van der Waals surface area contributed by atoms with Crippen LogP contribution in [-0.4, -0.2) is 38.8 Å². The number of allylic oxidation sites excluding steroid dienone is 2. The third kappa shape index (κ3) is 3.40. The van der Waals surface area contributed by atoms with E-state index >= 15 is 0 Å². The molecule has 0 bridgehead atoms. The molecule has 0 aromatic heterocycles. The van der Waals surface area contributed by atoms with Crippen molar-refractivity contribution < 1.29 is 14.2 Å². The summed E-state index contributed by atoms with van der Waals surface area (Å²) in [6, 6.07) is 17.0. The van der Waals surface area contributed by atoms with Crippen molar-refractivity contribution in [3.63, 3.8) is 0 Å². The van der Waals surface area contributed by atoms with Gasteiger partial charge in [0.15, 0.2) is 11.5 Å². The molecule has 2 aliphatic heterocycles. The Morgan fingerprint density at radius 3 is 2.55 bits per heavy atom. The Morgan fingerprint density at radius 2 is 1.83 bits per heavy atom. The second-order valence-corrected chi connectivity index (χ2v) is 7.50. The summed E-state index contributed by atoms with van der Waals surface area (Å²) in [4.78, 5) is 2.30. The predicted molar refractivity (Wildman–Crippen MR) is 112 cm³/mol. The van der Waals surface area contributed by atoms with Gasteiger partial charge in [-0.15, -0.1) is 0 Å². The molecule has 2 heterocycles. The van der Waals surface area contributed by atoms with Crippen molar-refractivity contribution in [1.82, 2.24) is 4.90 Å². The third-order valence-corrected chi connectivity index (χ3v) is 6.07. The Balaban J connectivity index is 1.89. The summed E-state index contributed by atoms with van der Waals surface area (Å²) in [7, 11) is 4.96. The number of nitrogens with zero attached hydrogens (tertiary/aromatic N) is 2. The van der Waals surface area contributed by atoms with E-state index < -0.39 is 0 Å². The van der Waals surface area contributed by atoms with Crippen LogP contribution < -0.4 is 14.2 Å². The first-order chi connectivity index (χ1) is 14.2. The van der Waals surface area contributed by atoms with Gasteiger partial charge in [0.2, 0.25) is 0 Å². The lowest BCUT2D eigenvalue weighted by Crippen LogP contribution is -2.35. The van der Waals surface area contributed by atoms with E-state index in [1.807, 2.05) is 30.3 Å². The van der Waals surface area contributed by atoms with E-state index in [1.165, 1.54) is 0 Å². The highest BCUT2D eigenvalue weighted by Gasteiger charge is 2.38. The van der Waals surface area contributed by atoms with Gasteiger partial charge in [-0.2, -0.15) is 5.26 Å². The van der Waals surface area contributed by atoms with Crippen LogP contribution in [0.1, 0.15) is 36.3 Å². The molecule has 2 atom stereocenters. The molecule has 150 valence electrons. The summed E-state index contributed by atoms with van der Waals surface area (Å²) >= 11 is 0. The fraction of sp³-hybridized carbons (Fsp3) is 0.375. The standard InChI is InChI=1S/C24H26N2O3/c1-27-19-8-4-6-17(12-19)24-20(14-18-7-5-11-26(18)21(24)15-25)16-9-10-22(28-2)23(13-16)29-3/h4,6,8-10,12-13,18,20H,5,7,11,14H2,1-3H3/t18-,20-/m1/s1. The second kappa shape index (κ2) is 8.08. The fourth-order valence-electron chi connectivity index (χ4n) is 4.71. The zero-order chi connectivity index (χ0) is 20.4.